The van der Waals surface area contributed by atoms with Gasteiger partial charge in [-0.3, -0.25) is 19.2 Å². The number of aliphatic carboxylic acids is 1. The Bertz CT molecular complexity index is 2110. The molecule has 0 fully saturated rings. The molecule has 5 N–H and O–H groups in total. The average Bonchev–Trinajstić information content (AvgIpc) is 3.23. The van der Waals surface area contributed by atoms with Crippen LogP contribution in [-0.4, -0.2) is 65.5 Å². The van der Waals surface area contributed by atoms with Crippen LogP contribution in [0, 0.1) is 0 Å². The number of hydrogen-bond donors (Lipinski definition) is 5. The van der Waals surface area contributed by atoms with E-state index in [0.29, 0.717) is 24.2 Å². The molecule has 0 aromatic heterocycles. The molecule has 7 rings (SSSR count). The van der Waals surface area contributed by atoms with Crippen LogP contribution in [-0.2, 0) is 49.7 Å². The van der Waals surface area contributed by atoms with Crippen LogP contribution in [0.1, 0.15) is 35.1 Å². The molecule has 11 nitrogen and oxygen atoms in total. The maximum absolute atomic E-state index is 14.4. The predicted molar refractivity (Wildman–Crippen MR) is 216 cm³/mol. The van der Waals surface area contributed by atoms with Crippen LogP contribution >= 0.6 is 0 Å². The third kappa shape index (κ3) is 11.9. The Balaban J connectivity index is 1.32. The number of carbonyl (C=O) groups excluding carboxylic acids is 4. The van der Waals surface area contributed by atoms with Gasteiger partial charge in [-0.1, -0.05) is 127 Å². The maximum atomic E-state index is 14.4. The molecule has 0 aliphatic carbocycles. The maximum Gasteiger partial charge on any atom is 0.326 e. The highest BCUT2D eigenvalue weighted by Crippen LogP contribution is 2.20. The summed E-state index contributed by atoms with van der Waals surface area (Å²) >= 11 is 0. The SMILES string of the molecule is O=C1COc2ccc(cc2)CC(C(=O)O)NC(=O)C(CCc2ccccc2)NC(=O)C(Cc2ccc(-c3ccccc3)cc2)NC(=O)C(CCc2ccccc2)N1. The summed E-state index contributed by atoms with van der Waals surface area (Å²) in [6, 6.07) is 38.3. The van der Waals surface area contributed by atoms with Crippen LogP contribution in [0.3, 0.4) is 0 Å². The topological polar surface area (TPSA) is 163 Å². The highest BCUT2D eigenvalue weighted by Gasteiger charge is 2.32. The van der Waals surface area contributed by atoms with Crippen molar-refractivity contribution in [3.8, 4) is 16.9 Å². The fourth-order valence-corrected chi connectivity index (χ4v) is 6.72. The van der Waals surface area contributed by atoms with Crippen molar-refractivity contribution in [2.45, 2.75) is 62.7 Å². The number of fused-ring (bicyclic) bond motifs is 16. The molecule has 2 aliphatic rings. The molecular formula is C46H46N4O7. The number of benzene rings is 5. The Kier molecular flexibility index (Phi) is 13.8. The van der Waals surface area contributed by atoms with Gasteiger partial charge in [0.05, 0.1) is 0 Å². The molecule has 5 aromatic rings. The minimum absolute atomic E-state index is 0.0397. The largest absolute Gasteiger partial charge is 0.484 e. The van der Waals surface area contributed by atoms with E-state index in [1.165, 1.54) is 0 Å². The molecule has 2 bridgehead atoms. The second-order valence-corrected chi connectivity index (χ2v) is 14.1. The summed E-state index contributed by atoms with van der Waals surface area (Å²) < 4.78 is 5.72. The summed E-state index contributed by atoms with van der Waals surface area (Å²) in [6.45, 7) is -0.386. The second-order valence-electron chi connectivity index (χ2n) is 14.1. The second kappa shape index (κ2) is 19.7. The molecule has 0 saturated heterocycles. The van der Waals surface area contributed by atoms with E-state index in [1.807, 2.05) is 115 Å². The van der Waals surface area contributed by atoms with Crippen molar-refractivity contribution in [2.75, 3.05) is 6.61 Å². The number of nitrogens with one attached hydrogen (secondary N) is 4. The molecule has 4 unspecified atom stereocenters. The van der Waals surface area contributed by atoms with Crippen molar-refractivity contribution >= 4 is 29.6 Å². The number of ether oxygens (including phenoxy) is 1. The molecule has 4 atom stereocenters. The number of aryl methyl sites for hydroxylation is 2. The zero-order valence-electron chi connectivity index (χ0n) is 31.4. The first-order chi connectivity index (χ1) is 27.7. The van der Waals surface area contributed by atoms with Gasteiger partial charge in [0, 0.05) is 12.8 Å². The van der Waals surface area contributed by atoms with Gasteiger partial charge in [0.15, 0.2) is 6.61 Å². The van der Waals surface area contributed by atoms with E-state index in [9.17, 15) is 29.1 Å². The lowest BCUT2D eigenvalue weighted by Gasteiger charge is -2.26. The van der Waals surface area contributed by atoms with E-state index in [-0.39, 0.29) is 32.3 Å². The smallest absolute Gasteiger partial charge is 0.326 e. The average molecular weight is 767 g/mol. The van der Waals surface area contributed by atoms with Gasteiger partial charge in [-0.05, 0) is 71.2 Å². The normalized spacial score (nSPS) is 19.4. The number of carboxylic acid groups (broad SMARTS) is 1. The Hall–Kier alpha value is -6.75. The summed E-state index contributed by atoms with van der Waals surface area (Å²) in [5.41, 5.74) is 5.23. The molecule has 0 saturated carbocycles. The van der Waals surface area contributed by atoms with E-state index < -0.39 is 53.8 Å². The number of hydrogen-bond acceptors (Lipinski definition) is 6. The minimum Gasteiger partial charge on any atom is -0.484 e. The molecule has 4 amide bonds. The molecule has 0 radical (unpaired) electrons. The molecule has 0 spiro atoms. The highest BCUT2D eigenvalue weighted by molar-refractivity contribution is 5.95. The summed E-state index contributed by atoms with van der Waals surface area (Å²) in [5, 5.41) is 21.3. The lowest BCUT2D eigenvalue weighted by atomic mass is 9.98. The number of amides is 4. The van der Waals surface area contributed by atoms with E-state index in [1.54, 1.807) is 24.3 Å². The standard InChI is InChI=1S/C46H46N4O7/c51-42-30-57-37-24-18-34(19-25-37)29-41(46(55)56)50-44(53)39(27-21-32-12-6-2-7-13-32)48-45(54)40(28-33-16-22-36(23-17-33)35-14-8-3-9-15-35)49-43(52)38(47-42)26-20-31-10-4-1-5-11-31/h1-19,22-25,38-41H,20-21,26-30H2,(H,47,51)(H,48,54)(H,49,52)(H,50,53)(H,55,56). The van der Waals surface area contributed by atoms with Crippen molar-refractivity contribution in [1.29, 1.82) is 0 Å². The molecule has 5 aromatic carbocycles. The number of carboxylic acids is 1. The Morgan fingerprint density at radius 2 is 1.04 bits per heavy atom. The quantitative estimate of drug-likeness (QED) is 0.127. The Labute approximate surface area is 331 Å². The van der Waals surface area contributed by atoms with Crippen LogP contribution in [0.25, 0.3) is 11.1 Å². The lowest BCUT2D eigenvalue weighted by molar-refractivity contribution is -0.142. The van der Waals surface area contributed by atoms with Crippen molar-refractivity contribution in [1.82, 2.24) is 21.3 Å². The third-order valence-corrected chi connectivity index (χ3v) is 9.90. The van der Waals surface area contributed by atoms with Gasteiger partial charge in [-0.25, -0.2) is 4.79 Å². The van der Waals surface area contributed by atoms with Crippen molar-refractivity contribution in [2.24, 2.45) is 0 Å². The van der Waals surface area contributed by atoms with Crippen LogP contribution in [0.4, 0.5) is 0 Å². The van der Waals surface area contributed by atoms with E-state index >= 15 is 0 Å². The fourth-order valence-electron chi connectivity index (χ4n) is 6.72. The number of rotatable bonds is 10. The summed E-state index contributed by atoms with van der Waals surface area (Å²) in [4.78, 5) is 68.2. The van der Waals surface area contributed by atoms with Crippen molar-refractivity contribution in [3.63, 3.8) is 0 Å². The summed E-state index contributed by atoms with van der Waals surface area (Å²) in [6.07, 6.45) is 1.28. The first kappa shape index (κ1) is 39.9. The summed E-state index contributed by atoms with van der Waals surface area (Å²) in [5.74, 6) is -3.31. The van der Waals surface area contributed by atoms with Gasteiger partial charge in [-0.15, -0.1) is 0 Å². The first-order valence-electron chi connectivity index (χ1n) is 19.1. The predicted octanol–water partition coefficient (Wildman–Crippen LogP) is 4.82. The zero-order chi connectivity index (χ0) is 40.0. The van der Waals surface area contributed by atoms with Gasteiger partial charge in [0.25, 0.3) is 5.91 Å². The van der Waals surface area contributed by atoms with Gasteiger partial charge >= 0.3 is 5.97 Å². The molecule has 2 aliphatic heterocycles. The van der Waals surface area contributed by atoms with E-state index in [4.69, 9.17) is 4.74 Å². The van der Waals surface area contributed by atoms with Gasteiger partial charge in [0.2, 0.25) is 17.7 Å². The van der Waals surface area contributed by atoms with Crippen LogP contribution in [0.2, 0.25) is 0 Å². The summed E-state index contributed by atoms with van der Waals surface area (Å²) in [7, 11) is 0. The molecule has 57 heavy (non-hydrogen) atoms. The molecular weight excluding hydrogens is 721 g/mol. The van der Waals surface area contributed by atoms with Crippen molar-refractivity contribution < 1.29 is 33.8 Å². The molecule has 292 valence electrons. The molecule has 2 heterocycles. The van der Waals surface area contributed by atoms with E-state index in [0.717, 1.165) is 27.8 Å². The zero-order valence-corrected chi connectivity index (χ0v) is 31.4. The Morgan fingerprint density at radius 1 is 0.544 bits per heavy atom. The van der Waals surface area contributed by atoms with Gasteiger partial charge in [0.1, 0.15) is 29.9 Å². The van der Waals surface area contributed by atoms with E-state index in [2.05, 4.69) is 21.3 Å². The number of carbonyl (C=O) groups is 5. The Morgan fingerprint density at radius 3 is 1.61 bits per heavy atom. The van der Waals surface area contributed by atoms with Crippen LogP contribution in [0.5, 0.6) is 5.75 Å². The van der Waals surface area contributed by atoms with Gasteiger partial charge in [-0.2, -0.15) is 0 Å². The molecule has 11 heteroatoms. The minimum atomic E-state index is -1.31. The monoisotopic (exact) mass is 766 g/mol. The lowest BCUT2D eigenvalue weighted by Crippen LogP contribution is -2.58. The van der Waals surface area contributed by atoms with Crippen LogP contribution < -0.4 is 26.0 Å². The van der Waals surface area contributed by atoms with Crippen LogP contribution in [0.15, 0.2) is 140 Å². The first-order valence-corrected chi connectivity index (χ1v) is 19.1. The van der Waals surface area contributed by atoms with Gasteiger partial charge < -0.3 is 31.1 Å². The third-order valence-electron chi connectivity index (χ3n) is 9.90. The fraction of sp³-hybridized carbons (Fsp3) is 0.239. The van der Waals surface area contributed by atoms with Crippen molar-refractivity contribution in [3.05, 3.63) is 162 Å². The highest BCUT2D eigenvalue weighted by atomic mass is 16.5.